The minimum absolute atomic E-state index is 0.352. The second kappa shape index (κ2) is 4.50. The molecule has 2 N–H and O–H groups in total. The lowest BCUT2D eigenvalue weighted by Gasteiger charge is -2.17. The number of amidine groups is 1. The van der Waals surface area contributed by atoms with Crippen molar-refractivity contribution in [1.82, 2.24) is 5.17 Å². The first-order valence-corrected chi connectivity index (χ1v) is 5.43. The van der Waals surface area contributed by atoms with Crippen LogP contribution in [-0.2, 0) is 0 Å². The lowest BCUT2D eigenvalue weighted by molar-refractivity contribution is 0.0162. The lowest BCUT2D eigenvalue weighted by atomic mass is 10.3. The Bertz CT molecular complexity index is 385. The van der Waals surface area contributed by atoms with Crippen molar-refractivity contribution < 1.29 is 9.60 Å². The molecule has 1 aliphatic rings. The number of benzene rings is 1. The van der Waals surface area contributed by atoms with Crippen molar-refractivity contribution >= 4 is 22.6 Å². The van der Waals surface area contributed by atoms with Crippen LogP contribution in [0.2, 0.25) is 0 Å². The summed E-state index contributed by atoms with van der Waals surface area (Å²) in [7, 11) is 0. The fourth-order valence-corrected chi connectivity index (χ4v) is 1.90. The van der Waals surface area contributed by atoms with E-state index in [0.29, 0.717) is 17.4 Å². The molecule has 1 aliphatic heterocycles. The van der Waals surface area contributed by atoms with Crippen molar-refractivity contribution in [2.45, 2.75) is 0 Å². The number of nitrogens with one attached hydrogen (secondary N) is 1. The van der Waals surface area contributed by atoms with Crippen LogP contribution in [0.1, 0.15) is 0 Å². The first kappa shape index (κ1) is 10.3. The van der Waals surface area contributed by atoms with Crippen LogP contribution in [0.25, 0.3) is 0 Å². The summed E-state index contributed by atoms with van der Waals surface area (Å²) in [5.41, 5.74) is 3.10. The van der Waals surface area contributed by atoms with Gasteiger partial charge in [0.05, 0.1) is 12.2 Å². The van der Waals surface area contributed by atoms with E-state index in [1.165, 1.54) is 23.9 Å². The normalized spacial score (nSPS) is 14.9. The zero-order chi connectivity index (χ0) is 10.7. The third-order valence-corrected chi connectivity index (χ3v) is 2.76. The Hall–Kier alpha value is -1.27. The quantitative estimate of drug-likeness (QED) is 0.758. The van der Waals surface area contributed by atoms with E-state index in [2.05, 4.69) is 10.4 Å². The fourth-order valence-electron chi connectivity index (χ4n) is 1.18. The summed E-state index contributed by atoms with van der Waals surface area (Å²) < 4.78 is 12.8. The predicted molar refractivity (Wildman–Crippen MR) is 58.4 cm³/mol. The maximum Gasteiger partial charge on any atom is 0.206 e. The number of hydrazine groups is 1. The van der Waals surface area contributed by atoms with Gasteiger partial charge in [-0.05, 0) is 18.2 Å². The molecule has 4 nitrogen and oxygen atoms in total. The molecule has 15 heavy (non-hydrogen) atoms. The molecule has 0 fully saturated rings. The molecule has 0 aromatic heterocycles. The SMILES string of the molecule is ON(Nc1cccc(F)c1)C1=NCCS1. The molecule has 1 aromatic rings. The number of rotatable bonds is 2. The van der Waals surface area contributed by atoms with Crippen molar-refractivity contribution in [2.75, 3.05) is 17.7 Å². The zero-order valence-corrected chi connectivity index (χ0v) is 8.67. The maximum atomic E-state index is 12.8. The van der Waals surface area contributed by atoms with Gasteiger partial charge in [0, 0.05) is 5.75 Å². The van der Waals surface area contributed by atoms with Crippen LogP contribution in [0, 0.1) is 5.82 Å². The largest absolute Gasteiger partial charge is 0.272 e. The Balaban J connectivity index is 2.02. The molecule has 1 heterocycles. The predicted octanol–water partition coefficient (Wildman–Crippen LogP) is 1.95. The van der Waals surface area contributed by atoms with Gasteiger partial charge in [-0.3, -0.25) is 15.6 Å². The van der Waals surface area contributed by atoms with Crippen molar-refractivity contribution in [2.24, 2.45) is 4.99 Å². The van der Waals surface area contributed by atoms with Crippen LogP contribution in [0.15, 0.2) is 29.3 Å². The van der Waals surface area contributed by atoms with Gasteiger partial charge in [-0.15, -0.1) is 5.17 Å². The molecular formula is C9H10FN3OS. The van der Waals surface area contributed by atoms with Gasteiger partial charge in [0.2, 0.25) is 5.17 Å². The van der Waals surface area contributed by atoms with Crippen LogP contribution in [0.4, 0.5) is 10.1 Å². The minimum atomic E-state index is -0.352. The molecule has 0 spiro atoms. The summed E-state index contributed by atoms with van der Waals surface area (Å²) in [5.74, 6) is 0.506. The number of aliphatic imine (C=N–C) groups is 1. The summed E-state index contributed by atoms with van der Waals surface area (Å²) in [5, 5.41) is 10.9. The summed E-state index contributed by atoms with van der Waals surface area (Å²) >= 11 is 1.44. The molecule has 0 radical (unpaired) electrons. The average molecular weight is 227 g/mol. The van der Waals surface area contributed by atoms with Crippen LogP contribution in [0.3, 0.4) is 0 Å². The summed E-state index contributed by atoms with van der Waals surface area (Å²) in [6.45, 7) is 0.696. The summed E-state index contributed by atoms with van der Waals surface area (Å²) in [6, 6.07) is 5.86. The molecule has 1 aromatic carbocycles. The van der Waals surface area contributed by atoms with Crippen molar-refractivity contribution in [3.8, 4) is 0 Å². The molecular weight excluding hydrogens is 217 g/mol. The Kier molecular flexibility index (Phi) is 3.08. The number of halogens is 1. The molecule has 0 saturated heterocycles. The van der Waals surface area contributed by atoms with Crippen molar-refractivity contribution in [1.29, 1.82) is 0 Å². The van der Waals surface area contributed by atoms with E-state index in [-0.39, 0.29) is 5.82 Å². The summed E-state index contributed by atoms with van der Waals surface area (Å²) in [6.07, 6.45) is 0. The van der Waals surface area contributed by atoms with Gasteiger partial charge < -0.3 is 0 Å². The molecule has 0 aliphatic carbocycles. The molecule has 0 bridgehead atoms. The smallest absolute Gasteiger partial charge is 0.206 e. The van der Waals surface area contributed by atoms with E-state index in [1.54, 1.807) is 12.1 Å². The highest BCUT2D eigenvalue weighted by Crippen LogP contribution is 2.16. The van der Waals surface area contributed by atoms with Crippen LogP contribution in [0.5, 0.6) is 0 Å². The second-order valence-electron chi connectivity index (χ2n) is 2.95. The van der Waals surface area contributed by atoms with E-state index in [1.807, 2.05) is 0 Å². The Morgan fingerprint density at radius 3 is 3.07 bits per heavy atom. The number of nitrogens with zero attached hydrogens (tertiary/aromatic N) is 2. The molecule has 2 rings (SSSR count). The van der Waals surface area contributed by atoms with Gasteiger partial charge in [0.25, 0.3) is 0 Å². The van der Waals surface area contributed by atoms with Gasteiger partial charge in [0.15, 0.2) is 0 Å². The molecule has 0 unspecified atom stereocenters. The number of hydrogen-bond donors (Lipinski definition) is 2. The molecule has 0 atom stereocenters. The van der Waals surface area contributed by atoms with E-state index in [0.717, 1.165) is 10.9 Å². The highest BCUT2D eigenvalue weighted by atomic mass is 32.2. The third-order valence-electron chi connectivity index (χ3n) is 1.81. The summed E-state index contributed by atoms with van der Waals surface area (Å²) in [4.78, 5) is 4.05. The minimum Gasteiger partial charge on any atom is -0.272 e. The fraction of sp³-hybridized carbons (Fsp3) is 0.222. The van der Waals surface area contributed by atoms with Crippen LogP contribution in [-0.4, -0.2) is 27.8 Å². The standard InChI is InChI=1S/C9H10FN3OS/c10-7-2-1-3-8(6-7)12-13(14)9-11-4-5-15-9/h1-3,6,12,14H,4-5H2. The van der Waals surface area contributed by atoms with Gasteiger partial charge in [-0.25, -0.2) is 4.39 Å². The van der Waals surface area contributed by atoms with E-state index in [4.69, 9.17) is 0 Å². The van der Waals surface area contributed by atoms with Crippen molar-refractivity contribution in [3.63, 3.8) is 0 Å². The highest BCUT2D eigenvalue weighted by Gasteiger charge is 2.13. The van der Waals surface area contributed by atoms with Gasteiger partial charge in [-0.2, -0.15) is 0 Å². The second-order valence-corrected chi connectivity index (χ2v) is 4.01. The Morgan fingerprint density at radius 1 is 1.53 bits per heavy atom. The van der Waals surface area contributed by atoms with Crippen molar-refractivity contribution in [3.05, 3.63) is 30.1 Å². The third kappa shape index (κ3) is 2.60. The number of hydrogen-bond acceptors (Lipinski definition) is 5. The van der Waals surface area contributed by atoms with Gasteiger partial charge in [-0.1, -0.05) is 17.8 Å². The number of anilines is 1. The molecule has 80 valence electrons. The first-order valence-electron chi connectivity index (χ1n) is 4.44. The number of thioether (sulfide) groups is 1. The monoisotopic (exact) mass is 227 g/mol. The molecule has 0 saturated carbocycles. The van der Waals surface area contributed by atoms with E-state index >= 15 is 0 Å². The highest BCUT2D eigenvalue weighted by molar-refractivity contribution is 8.14. The first-order chi connectivity index (χ1) is 7.25. The zero-order valence-electron chi connectivity index (χ0n) is 7.85. The lowest BCUT2D eigenvalue weighted by Crippen LogP contribution is -2.30. The molecule has 0 amide bonds. The van der Waals surface area contributed by atoms with E-state index < -0.39 is 0 Å². The van der Waals surface area contributed by atoms with Crippen LogP contribution < -0.4 is 5.43 Å². The average Bonchev–Trinajstić information content (AvgIpc) is 2.70. The van der Waals surface area contributed by atoms with Gasteiger partial charge >= 0.3 is 0 Å². The van der Waals surface area contributed by atoms with Crippen LogP contribution >= 0.6 is 11.8 Å². The van der Waals surface area contributed by atoms with Gasteiger partial charge in [0.1, 0.15) is 5.82 Å². The Labute approximate surface area is 90.7 Å². The Morgan fingerprint density at radius 2 is 2.40 bits per heavy atom. The van der Waals surface area contributed by atoms with E-state index in [9.17, 15) is 9.60 Å². The maximum absolute atomic E-state index is 12.8. The topological polar surface area (TPSA) is 47.9 Å². The molecule has 6 heteroatoms. The number of hydroxylamine groups is 1.